The second kappa shape index (κ2) is 13.9. The van der Waals surface area contributed by atoms with E-state index in [4.69, 9.17) is 0 Å². The number of benzene rings is 1. The van der Waals surface area contributed by atoms with Crippen LogP contribution in [0.2, 0.25) is 0 Å². The zero-order valence-electron chi connectivity index (χ0n) is 25.7. The summed E-state index contributed by atoms with van der Waals surface area (Å²) in [5, 5.41) is 16.1. The van der Waals surface area contributed by atoms with E-state index < -0.39 is 29.7 Å². The van der Waals surface area contributed by atoms with Gasteiger partial charge in [-0.2, -0.15) is 5.10 Å². The second-order valence-corrected chi connectivity index (χ2v) is 12.3. The van der Waals surface area contributed by atoms with Crippen molar-refractivity contribution in [2.24, 2.45) is 5.92 Å². The number of aryl methyl sites for hydroxylation is 1. The molecule has 0 unspecified atom stereocenters. The van der Waals surface area contributed by atoms with Crippen LogP contribution in [0.25, 0.3) is 0 Å². The topological polar surface area (TPSA) is 137 Å². The van der Waals surface area contributed by atoms with Crippen molar-refractivity contribution in [3.8, 4) is 0 Å². The van der Waals surface area contributed by atoms with E-state index in [2.05, 4.69) is 26.4 Å². The molecular weight excluding hydrogens is 565 g/mol. The summed E-state index contributed by atoms with van der Waals surface area (Å²) in [4.78, 5) is 54.3. The van der Waals surface area contributed by atoms with Crippen LogP contribution in [-0.4, -0.2) is 75.6 Å². The molecule has 0 bridgehead atoms. The molecule has 0 radical (unpaired) electrons. The smallest absolute Gasteiger partial charge is 0.270 e. The van der Waals surface area contributed by atoms with Crippen molar-refractivity contribution in [2.45, 2.75) is 95.8 Å². The number of aromatic nitrogens is 2. The number of hydrogen-bond acceptors (Lipinski definition) is 6. The second-order valence-electron chi connectivity index (χ2n) is 12.3. The minimum Gasteiger partial charge on any atom is -0.344 e. The number of nitrogens with one attached hydrogen (secondary N) is 4. The van der Waals surface area contributed by atoms with E-state index >= 15 is 4.39 Å². The van der Waals surface area contributed by atoms with E-state index in [1.165, 1.54) is 12.1 Å². The van der Waals surface area contributed by atoms with Crippen LogP contribution in [-0.2, 0) is 27.3 Å². The molecular formula is C32H44FN7O4. The molecule has 5 rings (SSSR count). The maximum atomic E-state index is 15.4. The van der Waals surface area contributed by atoms with Crippen LogP contribution in [0.5, 0.6) is 0 Å². The Balaban J connectivity index is 1.28. The number of piperazine rings is 1. The first-order valence-electron chi connectivity index (χ1n) is 16.0. The lowest BCUT2D eigenvalue weighted by Gasteiger charge is -2.36. The summed E-state index contributed by atoms with van der Waals surface area (Å²) in [6.07, 6.45) is 8.53. The van der Waals surface area contributed by atoms with Gasteiger partial charge in [-0.1, -0.05) is 32.3 Å². The van der Waals surface area contributed by atoms with Crippen LogP contribution in [0.4, 0.5) is 10.1 Å². The molecule has 238 valence electrons. The van der Waals surface area contributed by atoms with Gasteiger partial charge in [-0.25, -0.2) is 4.39 Å². The highest BCUT2D eigenvalue weighted by molar-refractivity contribution is 6.00. The molecule has 44 heavy (non-hydrogen) atoms. The summed E-state index contributed by atoms with van der Waals surface area (Å²) in [6.45, 7) is 5.97. The van der Waals surface area contributed by atoms with Crippen molar-refractivity contribution in [3.63, 3.8) is 0 Å². The van der Waals surface area contributed by atoms with Gasteiger partial charge < -0.3 is 26.2 Å². The molecule has 2 aromatic rings. The van der Waals surface area contributed by atoms with Crippen LogP contribution in [0.3, 0.4) is 0 Å². The number of hydrogen-bond donors (Lipinski definition) is 4. The highest BCUT2D eigenvalue weighted by atomic mass is 19.1. The standard InChI is InChI=1S/C32H44FN7O4/c1-3-27(41)36-25(31(44)39-17-16-34-32(20-39)13-14-32)19-21-10-11-24(23(33)18-21)37-30(43)28(22-8-6-5-7-9-22)38-29(42)26-12-15-35-40(26)4-2/h10-12,15,18,22,25,28,34H,3-9,13-14,16-17,19-20H2,1-2H3,(H,36,41)(H,37,43)(H,38,42)/t25-,28+/m1/s1. The summed E-state index contributed by atoms with van der Waals surface area (Å²) in [5.41, 5.74) is 0.872. The van der Waals surface area contributed by atoms with Crippen LogP contribution in [0, 0.1) is 11.7 Å². The van der Waals surface area contributed by atoms with Gasteiger partial charge in [-0.3, -0.25) is 23.9 Å². The van der Waals surface area contributed by atoms with Gasteiger partial charge in [0.2, 0.25) is 17.7 Å². The van der Waals surface area contributed by atoms with E-state index in [1.54, 1.807) is 34.8 Å². The molecule has 1 aromatic heterocycles. The molecule has 12 heteroatoms. The Morgan fingerprint density at radius 1 is 1.09 bits per heavy atom. The maximum absolute atomic E-state index is 15.4. The number of halogens is 1. The minimum absolute atomic E-state index is 0.00858. The van der Waals surface area contributed by atoms with Gasteiger partial charge in [0.15, 0.2) is 0 Å². The molecule has 3 aliphatic rings. The molecule has 1 spiro atoms. The highest BCUT2D eigenvalue weighted by Gasteiger charge is 2.47. The van der Waals surface area contributed by atoms with Gasteiger partial charge in [-0.15, -0.1) is 0 Å². The summed E-state index contributed by atoms with van der Waals surface area (Å²) in [6, 6.07) is 4.38. The van der Waals surface area contributed by atoms with Gasteiger partial charge in [0.05, 0.1) is 5.69 Å². The summed E-state index contributed by atoms with van der Waals surface area (Å²) >= 11 is 0. The number of nitrogens with zero attached hydrogens (tertiary/aromatic N) is 3. The van der Waals surface area contributed by atoms with Crippen molar-refractivity contribution in [1.29, 1.82) is 0 Å². The lowest BCUT2D eigenvalue weighted by molar-refractivity contribution is -0.137. The predicted molar refractivity (Wildman–Crippen MR) is 163 cm³/mol. The molecule has 2 aliphatic carbocycles. The first kappa shape index (κ1) is 31.6. The number of anilines is 1. The Kier molecular flexibility index (Phi) is 9.97. The van der Waals surface area contributed by atoms with Crippen molar-refractivity contribution in [2.75, 3.05) is 25.0 Å². The third-order valence-corrected chi connectivity index (χ3v) is 9.17. The largest absolute Gasteiger partial charge is 0.344 e. The van der Waals surface area contributed by atoms with Crippen molar-refractivity contribution >= 4 is 29.3 Å². The summed E-state index contributed by atoms with van der Waals surface area (Å²) in [5.74, 6) is -2.01. The fourth-order valence-corrected chi connectivity index (χ4v) is 6.44. The molecule has 4 amide bonds. The molecule has 1 aromatic carbocycles. The average molecular weight is 610 g/mol. The number of carbonyl (C=O) groups is 4. The van der Waals surface area contributed by atoms with Crippen LogP contribution >= 0.6 is 0 Å². The first-order chi connectivity index (χ1) is 21.2. The Labute approximate surface area is 257 Å². The molecule has 1 saturated heterocycles. The zero-order valence-corrected chi connectivity index (χ0v) is 25.7. The summed E-state index contributed by atoms with van der Waals surface area (Å²) in [7, 11) is 0. The molecule has 3 fully saturated rings. The maximum Gasteiger partial charge on any atom is 0.270 e. The van der Waals surface area contributed by atoms with E-state index in [1.807, 2.05) is 6.92 Å². The third kappa shape index (κ3) is 7.46. The van der Waals surface area contributed by atoms with Gasteiger partial charge in [0.1, 0.15) is 23.6 Å². The van der Waals surface area contributed by atoms with Gasteiger partial charge in [0, 0.05) is 50.8 Å². The first-order valence-corrected chi connectivity index (χ1v) is 16.0. The molecule has 1 aliphatic heterocycles. The quantitative estimate of drug-likeness (QED) is 0.309. The molecule has 2 saturated carbocycles. The Hall–Kier alpha value is -3.80. The molecule has 11 nitrogen and oxygen atoms in total. The Morgan fingerprint density at radius 3 is 2.55 bits per heavy atom. The minimum atomic E-state index is -0.831. The van der Waals surface area contributed by atoms with Crippen molar-refractivity contribution < 1.29 is 23.6 Å². The van der Waals surface area contributed by atoms with Crippen molar-refractivity contribution in [3.05, 3.63) is 47.5 Å². The fraction of sp³-hybridized carbons (Fsp3) is 0.594. The van der Waals surface area contributed by atoms with Crippen LogP contribution in [0.1, 0.15) is 81.3 Å². The van der Waals surface area contributed by atoms with E-state index in [9.17, 15) is 19.2 Å². The predicted octanol–water partition coefficient (Wildman–Crippen LogP) is 2.76. The zero-order chi connectivity index (χ0) is 31.3. The lowest BCUT2D eigenvalue weighted by Crippen LogP contribution is -2.58. The van der Waals surface area contributed by atoms with E-state index in [-0.39, 0.29) is 41.8 Å². The highest BCUT2D eigenvalue weighted by Crippen LogP contribution is 2.37. The summed E-state index contributed by atoms with van der Waals surface area (Å²) < 4.78 is 17.0. The van der Waals surface area contributed by atoms with Crippen LogP contribution in [0.15, 0.2) is 30.5 Å². The molecule has 2 heterocycles. The van der Waals surface area contributed by atoms with Crippen LogP contribution < -0.4 is 21.3 Å². The van der Waals surface area contributed by atoms with Gasteiger partial charge >= 0.3 is 0 Å². The lowest BCUT2D eigenvalue weighted by atomic mass is 9.83. The number of amides is 4. The SMILES string of the molecule is CCC(=O)N[C@H](Cc1ccc(NC(=O)[C@@H](NC(=O)c2ccnn2CC)C2CCCCC2)c(F)c1)C(=O)N1CCNC2(CC2)C1. The molecule has 2 atom stereocenters. The Morgan fingerprint density at radius 2 is 1.86 bits per heavy atom. The third-order valence-electron chi connectivity index (χ3n) is 9.17. The van der Waals surface area contributed by atoms with E-state index in [0.717, 1.165) is 44.9 Å². The van der Waals surface area contributed by atoms with Crippen molar-refractivity contribution in [1.82, 2.24) is 30.6 Å². The van der Waals surface area contributed by atoms with Gasteiger partial charge in [0.25, 0.3) is 5.91 Å². The fourth-order valence-electron chi connectivity index (χ4n) is 6.44. The number of rotatable bonds is 11. The monoisotopic (exact) mass is 609 g/mol. The normalized spacial score (nSPS) is 19.2. The van der Waals surface area contributed by atoms with Gasteiger partial charge in [-0.05, 0) is 62.3 Å². The van der Waals surface area contributed by atoms with E-state index in [0.29, 0.717) is 37.4 Å². The Bertz CT molecular complexity index is 1370. The number of carbonyl (C=O) groups excluding carboxylic acids is 4. The average Bonchev–Trinajstić information content (AvgIpc) is 3.58. The molecule has 4 N–H and O–H groups in total.